The molecule has 0 radical (unpaired) electrons. The number of nitrogens with zero attached hydrogens (tertiary/aromatic N) is 1. The average Bonchev–Trinajstić information content (AvgIpc) is 2.30. The molecule has 1 aromatic carbocycles. The van der Waals surface area contributed by atoms with Crippen LogP contribution in [0.4, 0.5) is 0 Å². The first-order valence-corrected chi connectivity index (χ1v) is 5.43. The third-order valence-electron chi connectivity index (χ3n) is 2.75. The minimum atomic E-state index is -0.483. The fourth-order valence-corrected chi connectivity index (χ4v) is 1.97. The van der Waals surface area contributed by atoms with Crippen LogP contribution in [0.1, 0.15) is 35.7 Å². The number of ketones is 1. The summed E-state index contributed by atoms with van der Waals surface area (Å²) in [7, 11) is 0. The third kappa shape index (κ3) is 1.92. The molecule has 1 unspecified atom stereocenters. The summed E-state index contributed by atoms with van der Waals surface area (Å²) in [5.74, 6) is 0.857. The lowest BCUT2D eigenvalue weighted by molar-refractivity contribution is 0.0971. The number of ether oxygens (including phenoxy) is 1. The van der Waals surface area contributed by atoms with Crippen LogP contribution in [-0.4, -0.2) is 11.9 Å². The van der Waals surface area contributed by atoms with Crippen molar-refractivity contribution in [2.24, 2.45) is 0 Å². The van der Waals surface area contributed by atoms with E-state index in [1.54, 1.807) is 6.92 Å². The van der Waals surface area contributed by atoms with Gasteiger partial charge >= 0.3 is 0 Å². The second-order valence-electron chi connectivity index (χ2n) is 3.95. The van der Waals surface area contributed by atoms with Crippen LogP contribution in [0, 0.1) is 11.3 Å². The van der Waals surface area contributed by atoms with Gasteiger partial charge in [0.25, 0.3) is 0 Å². The van der Waals surface area contributed by atoms with Crippen molar-refractivity contribution in [3.63, 3.8) is 0 Å². The Morgan fingerprint density at radius 1 is 1.44 bits per heavy atom. The van der Waals surface area contributed by atoms with Crippen molar-refractivity contribution in [3.8, 4) is 11.8 Å². The Balaban J connectivity index is 2.37. The van der Waals surface area contributed by atoms with Crippen LogP contribution >= 0.6 is 0 Å². The van der Waals surface area contributed by atoms with Gasteiger partial charge in [-0.3, -0.25) is 4.79 Å². The van der Waals surface area contributed by atoms with Gasteiger partial charge in [0.2, 0.25) is 0 Å². The Kier molecular flexibility index (Phi) is 2.91. The minimum absolute atomic E-state index is 0.177. The number of benzene rings is 1. The van der Waals surface area contributed by atoms with Gasteiger partial charge in [0.1, 0.15) is 11.8 Å². The van der Waals surface area contributed by atoms with Crippen LogP contribution in [0.5, 0.6) is 5.75 Å². The summed E-state index contributed by atoms with van der Waals surface area (Å²) in [4.78, 5) is 11.7. The first-order valence-electron chi connectivity index (χ1n) is 5.43. The second kappa shape index (κ2) is 4.36. The summed E-state index contributed by atoms with van der Waals surface area (Å²) in [6, 6.07) is 7.49. The van der Waals surface area contributed by atoms with Crippen molar-refractivity contribution < 1.29 is 9.53 Å². The highest BCUT2D eigenvalue weighted by Gasteiger charge is 2.20. The van der Waals surface area contributed by atoms with Gasteiger partial charge in [0, 0.05) is 17.5 Å². The van der Waals surface area contributed by atoms with Gasteiger partial charge < -0.3 is 4.74 Å². The van der Waals surface area contributed by atoms with Gasteiger partial charge in [0.15, 0.2) is 11.9 Å². The number of rotatable bonds is 2. The van der Waals surface area contributed by atoms with Gasteiger partial charge in [-0.15, -0.1) is 0 Å². The van der Waals surface area contributed by atoms with Gasteiger partial charge in [-0.05, 0) is 25.8 Å². The highest BCUT2D eigenvalue weighted by molar-refractivity contribution is 5.99. The lowest BCUT2D eigenvalue weighted by Gasteiger charge is -2.19. The smallest absolute Gasteiger partial charge is 0.181 e. The van der Waals surface area contributed by atoms with Crippen LogP contribution in [0.2, 0.25) is 0 Å². The lowest BCUT2D eigenvalue weighted by Crippen LogP contribution is -2.15. The van der Waals surface area contributed by atoms with Crippen LogP contribution in [0.25, 0.3) is 0 Å². The molecule has 0 aromatic heterocycles. The van der Waals surface area contributed by atoms with Gasteiger partial charge in [-0.1, -0.05) is 12.1 Å². The number of hydrogen-bond donors (Lipinski definition) is 0. The number of Topliss-reactive ketones (excluding diaryl/α,β-unsaturated/α-hetero) is 1. The van der Waals surface area contributed by atoms with E-state index in [0.717, 1.165) is 24.0 Å². The van der Waals surface area contributed by atoms with E-state index in [-0.39, 0.29) is 5.78 Å². The largest absolute Gasteiger partial charge is 0.476 e. The fraction of sp³-hybridized carbons (Fsp3) is 0.385. The van der Waals surface area contributed by atoms with Crippen LogP contribution in [0.3, 0.4) is 0 Å². The Morgan fingerprint density at radius 2 is 2.25 bits per heavy atom. The molecule has 1 aliphatic rings. The number of fused-ring (bicyclic) bond motifs is 1. The van der Waals surface area contributed by atoms with Crippen LogP contribution in [0.15, 0.2) is 18.2 Å². The Morgan fingerprint density at radius 3 is 3.00 bits per heavy atom. The molecule has 0 heterocycles. The minimum Gasteiger partial charge on any atom is -0.476 e. The molecule has 0 aliphatic heterocycles. The monoisotopic (exact) mass is 215 g/mol. The molecule has 1 aliphatic carbocycles. The summed E-state index contributed by atoms with van der Waals surface area (Å²) < 4.78 is 5.50. The molecule has 16 heavy (non-hydrogen) atoms. The predicted octanol–water partition coefficient (Wildman–Crippen LogP) is 2.50. The molecule has 2 rings (SSSR count). The summed E-state index contributed by atoms with van der Waals surface area (Å²) in [6.45, 7) is 1.70. The normalized spacial score (nSPS) is 16.1. The quantitative estimate of drug-likeness (QED) is 0.761. The maximum Gasteiger partial charge on any atom is 0.181 e. The molecule has 3 nitrogen and oxygen atoms in total. The second-order valence-corrected chi connectivity index (χ2v) is 3.95. The van der Waals surface area contributed by atoms with E-state index < -0.39 is 6.10 Å². The van der Waals surface area contributed by atoms with Crippen LogP contribution in [-0.2, 0) is 6.42 Å². The molecule has 1 atom stereocenters. The van der Waals surface area contributed by atoms with E-state index in [1.807, 2.05) is 24.3 Å². The molecule has 0 bridgehead atoms. The molecule has 1 aromatic rings. The fourth-order valence-electron chi connectivity index (χ4n) is 1.97. The number of carbonyl (C=O) groups is 1. The topological polar surface area (TPSA) is 50.1 Å². The van der Waals surface area contributed by atoms with E-state index in [4.69, 9.17) is 10.00 Å². The number of carbonyl (C=O) groups excluding carboxylic acids is 1. The highest BCUT2D eigenvalue weighted by Crippen LogP contribution is 2.30. The predicted molar refractivity (Wildman–Crippen MR) is 59.4 cm³/mol. The van der Waals surface area contributed by atoms with E-state index >= 15 is 0 Å². The van der Waals surface area contributed by atoms with E-state index in [9.17, 15) is 4.79 Å². The molecule has 0 spiro atoms. The zero-order chi connectivity index (χ0) is 11.5. The maximum absolute atomic E-state index is 11.7. The van der Waals surface area contributed by atoms with Crippen molar-refractivity contribution in [2.75, 3.05) is 0 Å². The zero-order valence-corrected chi connectivity index (χ0v) is 9.19. The molecule has 0 amide bonds. The summed E-state index contributed by atoms with van der Waals surface area (Å²) >= 11 is 0. The molecule has 3 heteroatoms. The lowest BCUT2D eigenvalue weighted by atomic mass is 9.90. The van der Waals surface area contributed by atoms with Crippen molar-refractivity contribution in [1.29, 1.82) is 5.26 Å². The van der Waals surface area contributed by atoms with Crippen LogP contribution < -0.4 is 4.74 Å². The Hall–Kier alpha value is -1.82. The summed E-state index contributed by atoms with van der Waals surface area (Å²) in [5.41, 5.74) is 1.72. The molecule has 82 valence electrons. The van der Waals surface area contributed by atoms with Gasteiger partial charge in [-0.2, -0.15) is 5.26 Å². The molecular formula is C13H13NO2. The Labute approximate surface area is 94.6 Å². The van der Waals surface area contributed by atoms with Crippen molar-refractivity contribution in [2.45, 2.75) is 32.3 Å². The maximum atomic E-state index is 11.7. The SMILES string of the molecule is CC(C#N)Oc1cccc2c1CCCC2=O. The van der Waals surface area contributed by atoms with E-state index in [0.29, 0.717) is 12.2 Å². The third-order valence-corrected chi connectivity index (χ3v) is 2.75. The number of nitriles is 1. The highest BCUT2D eigenvalue weighted by atomic mass is 16.5. The van der Waals surface area contributed by atoms with Crippen molar-refractivity contribution in [3.05, 3.63) is 29.3 Å². The first-order chi connectivity index (χ1) is 7.72. The molecule has 0 saturated heterocycles. The van der Waals surface area contributed by atoms with Gasteiger partial charge in [0.05, 0.1) is 0 Å². The molecular weight excluding hydrogens is 202 g/mol. The Bertz CT molecular complexity index is 459. The first kappa shape index (κ1) is 10.7. The standard InChI is InChI=1S/C13H13NO2/c1-9(8-14)16-13-7-3-4-10-11(13)5-2-6-12(10)15/h3-4,7,9H,2,5-6H2,1H3. The average molecular weight is 215 g/mol. The van der Waals surface area contributed by atoms with Gasteiger partial charge in [-0.25, -0.2) is 0 Å². The summed E-state index contributed by atoms with van der Waals surface area (Å²) in [5, 5.41) is 8.71. The zero-order valence-electron chi connectivity index (χ0n) is 9.19. The number of hydrogen-bond acceptors (Lipinski definition) is 3. The van der Waals surface area contributed by atoms with E-state index in [1.165, 1.54) is 0 Å². The van der Waals surface area contributed by atoms with Crippen molar-refractivity contribution in [1.82, 2.24) is 0 Å². The van der Waals surface area contributed by atoms with Crippen molar-refractivity contribution >= 4 is 5.78 Å². The van der Waals surface area contributed by atoms with E-state index in [2.05, 4.69) is 0 Å². The molecule has 0 saturated carbocycles. The molecule has 0 N–H and O–H groups in total. The molecule has 0 fully saturated rings. The summed E-state index contributed by atoms with van der Waals surface area (Å²) in [6.07, 6.45) is 1.86.